The molecule has 0 spiro atoms. The van der Waals surface area contributed by atoms with Gasteiger partial charge in [-0.2, -0.15) is 0 Å². The van der Waals surface area contributed by atoms with Gasteiger partial charge in [0.2, 0.25) is 0 Å². The number of benzene rings is 1. The van der Waals surface area contributed by atoms with Crippen molar-refractivity contribution in [1.82, 2.24) is 4.98 Å². The Morgan fingerprint density at radius 1 is 1.26 bits per heavy atom. The van der Waals surface area contributed by atoms with E-state index in [1.165, 1.54) is 11.3 Å². The maximum absolute atomic E-state index is 11.6. The molecule has 1 N–H and O–H groups in total. The van der Waals surface area contributed by atoms with Crippen LogP contribution < -0.4 is 0 Å². The topological polar surface area (TPSA) is 49.9 Å². The number of aldehydes is 1. The van der Waals surface area contributed by atoms with Gasteiger partial charge in [-0.3, -0.25) is 9.59 Å². The van der Waals surface area contributed by atoms with Gasteiger partial charge >= 0.3 is 0 Å². The number of fused-ring (bicyclic) bond motifs is 1. The van der Waals surface area contributed by atoms with Gasteiger partial charge in [0.05, 0.1) is 10.6 Å². The summed E-state index contributed by atoms with van der Waals surface area (Å²) in [6.45, 7) is 1.54. The number of Topliss-reactive ketones (excluding diaryl/α,β-unsaturated/α-hetero) is 1. The van der Waals surface area contributed by atoms with Crippen LogP contribution in [0.15, 0.2) is 35.7 Å². The number of aromatic nitrogens is 1. The first-order valence-corrected chi connectivity index (χ1v) is 6.75. The summed E-state index contributed by atoms with van der Waals surface area (Å²) in [5, 5.41) is 2.75. The number of H-pyrrole nitrogens is 1. The Hall–Kier alpha value is -2.20. The molecule has 0 atom stereocenters. The van der Waals surface area contributed by atoms with Crippen LogP contribution in [0.4, 0.5) is 0 Å². The highest BCUT2D eigenvalue weighted by molar-refractivity contribution is 7.12. The molecule has 0 aliphatic carbocycles. The highest BCUT2D eigenvalue weighted by Gasteiger charge is 2.17. The number of carbonyl (C=O) groups is 2. The molecule has 0 saturated carbocycles. The van der Waals surface area contributed by atoms with Crippen molar-refractivity contribution in [1.29, 1.82) is 0 Å². The molecule has 3 rings (SSSR count). The number of thiophene rings is 1. The lowest BCUT2D eigenvalue weighted by Gasteiger charge is -1.99. The van der Waals surface area contributed by atoms with Crippen LogP contribution in [-0.4, -0.2) is 17.1 Å². The maximum atomic E-state index is 11.6. The van der Waals surface area contributed by atoms with Crippen molar-refractivity contribution >= 4 is 34.3 Å². The van der Waals surface area contributed by atoms with Crippen LogP contribution in [0, 0.1) is 0 Å². The molecule has 1 aromatic carbocycles. The minimum absolute atomic E-state index is 0.0144. The molecule has 0 bridgehead atoms. The minimum atomic E-state index is 0.0144. The Kier molecular flexibility index (Phi) is 2.80. The molecule has 0 aliphatic heterocycles. The number of hydrogen-bond donors (Lipinski definition) is 1. The van der Waals surface area contributed by atoms with Crippen molar-refractivity contribution in [3.63, 3.8) is 0 Å². The van der Waals surface area contributed by atoms with Gasteiger partial charge in [0.1, 0.15) is 0 Å². The fourth-order valence-electron chi connectivity index (χ4n) is 2.28. The molecular formula is C15H11NO2S. The van der Waals surface area contributed by atoms with E-state index in [1.807, 2.05) is 35.7 Å². The summed E-state index contributed by atoms with van der Waals surface area (Å²) in [4.78, 5) is 26.9. The third kappa shape index (κ3) is 1.81. The van der Waals surface area contributed by atoms with Crippen molar-refractivity contribution in [2.75, 3.05) is 0 Å². The average molecular weight is 269 g/mol. The zero-order chi connectivity index (χ0) is 13.4. The summed E-state index contributed by atoms with van der Waals surface area (Å²) < 4.78 is 0. The SMILES string of the molecule is CC(=O)c1sccc1-c1[nH]c2ccccc2c1C=O. The third-order valence-corrected chi connectivity index (χ3v) is 4.13. The monoisotopic (exact) mass is 269 g/mol. The Labute approximate surface area is 113 Å². The van der Waals surface area contributed by atoms with E-state index < -0.39 is 0 Å². The van der Waals surface area contributed by atoms with Crippen LogP contribution in [0.25, 0.3) is 22.2 Å². The first kappa shape index (κ1) is 11.9. The van der Waals surface area contributed by atoms with Gasteiger partial charge in [0, 0.05) is 22.0 Å². The maximum Gasteiger partial charge on any atom is 0.170 e. The number of aromatic amines is 1. The molecular weight excluding hydrogens is 258 g/mol. The normalized spacial score (nSPS) is 10.8. The fourth-order valence-corrected chi connectivity index (χ4v) is 3.08. The zero-order valence-corrected chi connectivity index (χ0v) is 11.1. The van der Waals surface area contributed by atoms with E-state index >= 15 is 0 Å². The standard InChI is InChI=1S/C15H11NO2S/c1-9(18)15-11(6-7-19-15)14-12(8-17)10-4-2-3-5-13(10)16-14/h2-8,16H,1H3. The Bertz CT molecular complexity index is 782. The lowest BCUT2D eigenvalue weighted by molar-refractivity contribution is 0.102. The molecule has 0 amide bonds. The quantitative estimate of drug-likeness (QED) is 0.579. The number of hydrogen-bond acceptors (Lipinski definition) is 3. The van der Waals surface area contributed by atoms with E-state index in [1.54, 1.807) is 6.92 Å². The van der Waals surface area contributed by atoms with Gasteiger partial charge < -0.3 is 4.98 Å². The molecule has 4 heteroatoms. The number of carbonyl (C=O) groups excluding carboxylic acids is 2. The average Bonchev–Trinajstić information content (AvgIpc) is 3.02. The smallest absolute Gasteiger partial charge is 0.170 e. The first-order chi connectivity index (χ1) is 9.22. The van der Waals surface area contributed by atoms with Crippen molar-refractivity contribution < 1.29 is 9.59 Å². The molecule has 94 valence electrons. The lowest BCUT2D eigenvalue weighted by Crippen LogP contribution is -1.92. The molecule has 2 heterocycles. The molecule has 0 unspecified atom stereocenters. The number of ketones is 1. The van der Waals surface area contributed by atoms with Crippen molar-refractivity contribution in [3.05, 3.63) is 46.2 Å². The summed E-state index contributed by atoms with van der Waals surface area (Å²) >= 11 is 1.40. The van der Waals surface area contributed by atoms with Gasteiger partial charge in [0.25, 0.3) is 0 Å². The second kappa shape index (κ2) is 4.48. The van der Waals surface area contributed by atoms with E-state index in [4.69, 9.17) is 0 Å². The molecule has 0 saturated heterocycles. The summed E-state index contributed by atoms with van der Waals surface area (Å²) in [5.74, 6) is 0.0144. The van der Waals surface area contributed by atoms with Gasteiger partial charge in [0.15, 0.2) is 12.1 Å². The van der Waals surface area contributed by atoms with Gasteiger partial charge in [-0.15, -0.1) is 11.3 Å². The Balaban J connectivity index is 2.33. The van der Waals surface area contributed by atoms with Crippen LogP contribution in [-0.2, 0) is 0 Å². The van der Waals surface area contributed by atoms with E-state index in [0.717, 1.165) is 28.4 Å². The molecule has 0 aliphatic rings. The van der Waals surface area contributed by atoms with Crippen LogP contribution in [0.1, 0.15) is 27.0 Å². The highest BCUT2D eigenvalue weighted by atomic mass is 32.1. The zero-order valence-electron chi connectivity index (χ0n) is 10.3. The number of nitrogens with one attached hydrogen (secondary N) is 1. The van der Waals surface area contributed by atoms with E-state index in [-0.39, 0.29) is 5.78 Å². The summed E-state index contributed by atoms with van der Waals surface area (Å²) in [6.07, 6.45) is 0.843. The van der Waals surface area contributed by atoms with Crippen molar-refractivity contribution in [2.45, 2.75) is 6.92 Å². The largest absolute Gasteiger partial charge is 0.354 e. The van der Waals surface area contributed by atoms with Gasteiger partial charge in [-0.05, 0) is 24.4 Å². The second-order valence-corrected chi connectivity index (χ2v) is 5.21. The molecule has 0 fully saturated rings. The highest BCUT2D eigenvalue weighted by Crippen LogP contribution is 2.33. The van der Waals surface area contributed by atoms with E-state index in [2.05, 4.69) is 4.98 Å². The van der Waals surface area contributed by atoms with Crippen LogP contribution in [0.5, 0.6) is 0 Å². The first-order valence-electron chi connectivity index (χ1n) is 5.87. The Morgan fingerprint density at radius 2 is 2.05 bits per heavy atom. The predicted octanol–water partition coefficient (Wildman–Crippen LogP) is 3.91. The summed E-state index contributed by atoms with van der Waals surface area (Å²) in [7, 11) is 0. The Morgan fingerprint density at radius 3 is 2.79 bits per heavy atom. The van der Waals surface area contributed by atoms with E-state index in [9.17, 15) is 9.59 Å². The molecule has 2 aromatic heterocycles. The number of rotatable bonds is 3. The molecule has 3 aromatic rings. The van der Waals surface area contributed by atoms with E-state index in [0.29, 0.717) is 10.4 Å². The summed E-state index contributed by atoms with van der Waals surface area (Å²) in [5.41, 5.74) is 3.04. The fraction of sp³-hybridized carbons (Fsp3) is 0.0667. The molecule has 3 nitrogen and oxygen atoms in total. The number of para-hydroxylation sites is 1. The van der Waals surface area contributed by atoms with Crippen molar-refractivity contribution in [3.8, 4) is 11.3 Å². The van der Waals surface area contributed by atoms with Crippen LogP contribution in [0.2, 0.25) is 0 Å². The second-order valence-electron chi connectivity index (χ2n) is 4.30. The molecule has 19 heavy (non-hydrogen) atoms. The predicted molar refractivity (Wildman–Crippen MR) is 77.0 cm³/mol. The molecule has 0 radical (unpaired) electrons. The van der Waals surface area contributed by atoms with Gasteiger partial charge in [-0.1, -0.05) is 18.2 Å². The van der Waals surface area contributed by atoms with Crippen LogP contribution >= 0.6 is 11.3 Å². The summed E-state index contributed by atoms with van der Waals surface area (Å²) in [6, 6.07) is 9.51. The van der Waals surface area contributed by atoms with Gasteiger partial charge in [-0.25, -0.2) is 0 Å². The van der Waals surface area contributed by atoms with Crippen LogP contribution in [0.3, 0.4) is 0 Å². The van der Waals surface area contributed by atoms with Crippen molar-refractivity contribution in [2.24, 2.45) is 0 Å². The lowest BCUT2D eigenvalue weighted by atomic mass is 10.1. The third-order valence-electron chi connectivity index (χ3n) is 3.12. The minimum Gasteiger partial charge on any atom is -0.354 e.